The summed E-state index contributed by atoms with van der Waals surface area (Å²) in [7, 11) is 0. The second-order valence-electron chi connectivity index (χ2n) is 3.79. The lowest BCUT2D eigenvalue weighted by atomic mass is 9.84. The molecule has 2 aliphatic rings. The molecular formula is C8H14N2O. The molecule has 62 valence electrons. The third-order valence-electron chi connectivity index (χ3n) is 2.80. The fourth-order valence-corrected chi connectivity index (χ4v) is 2.22. The monoisotopic (exact) mass is 154 g/mol. The molecule has 2 heterocycles. The van der Waals surface area contributed by atoms with E-state index in [-0.39, 0.29) is 11.3 Å². The van der Waals surface area contributed by atoms with Crippen molar-refractivity contribution in [3.05, 3.63) is 0 Å². The SMILES string of the molecule is CC1CC2(CCNC2)C(=O)N1. The molecule has 0 aromatic heterocycles. The van der Waals surface area contributed by atoms with Gasteiger partial charge in [-0.05, 0) is 26.3 Å². The van der Waals surface area contributed by atoms with E-state index in [2.05, 4.69) is 17.6 Å². The fourth-order valence-electron chi connectivity index (χ4n) is 2.22. The molecule has 2 aliphatic heterocycles. The quantitative estimate of drug-likeness (QED) is 0.510. The number of hydrogen-bond donors (Lipinski definition) is 2. The molecule has 3 nitrogen and oxygen atoms in total. The molecule has 1 amide bonds. The highest BCUT2D eigenvalue weighted by Crippen LogP contribution is 2.35. The second-order valence-corrected chi connectivity index (χ2v) is 3.79. The lowest BCUT2D eigenvalue weighted by Crippen LogP contribution is -2.33. The molecule has 11 heavy (non-hydrogen) atoms. The third-order valence-corrected chi connectivity index (χ3v) is 2.80. The average molecular weight is 154 g/mol. The second kappa shape index (κ2) is 2.21. The van der Waals surface area contributed by atoms with Gasteiger partial charge in [0.1, 0.15) is 0 Å². The van der Waals surface area contributed by atoms with Gasteiger partial charge in [0.05, 0.1) is 5.41 Å². The van der Waals surface area contributed by atoms with Gasteiger partial charge in [-0.15, -0.1) is 0 Å². The van der Waals surface area contributed by atoms with E-state index in [1.807, 2.05) is 0 Å². The summed E-state index contributed by atoms with van der Waals surface area (Å²) in [4.78, 5) is 11.5. The minimum absolute atomic E-state index is 0.0422. The molecule has 0 saturated carbocycles. The Hall–Kier alpha value is -0.570. The van der Waals surface area contributed by atoms with E-state index in [0.29, 0.717) is 6.04 Å². The summed E-state index contributed by atoms with van der Waals surface area (Å²) in [6, 6.07) is 0.377. The van der Waals surface area contributed by atoms with Crippen molar-refractivity contribution in [3.8, 4) is 0 Å². The number of hydrogen-bond acceptors (Lipinski definition) is 2. The molecule has 0 bridgehead atoms. The Morgan fingerprint density at radius 2 is 2.45 bits per heavy atom. The number of carbonyl (C=O) groups is 1. The van der Waals surface area contributed by atoms with Crippen LogP contribution in [0, 0.1) is 5.41 Å². The van der Waals surface area contributed by atoms with Crippen LogP contribution in [0.15, 0.2) is 0 Å². The van der Waals surface area contributed by atoms with Crippen LogP contribution in [-0.2, 0) is 4.79 Å². The molecule has 0 aromatic carbocycles. The standard InChI is InChI=1S/C8H14N2O/c1-6-4-8(7(11)10-6)2-3-9-5-8/h6,9H,2-5H2,1H3,(H,10,11). The number of rotatable bonds is 0. The fraction of sp³-hybridized carbons (Fsp3) is 0.875. The Balaban J connectivity index is 2.18. The smallest absolute Gasteiger partial charge is 0.227 e. The predicted molar refractivity (Wildman–Crippen MR) is 42.1 cm³/mol. The maximum absolute atomic E-state index is 11.5. The Labute approximate surface area is 66.5 Å². The molecule has 2 N–H and O–H groups in total. The molecule has 0 radical (unpaired) electrons. The van der Waals surface area contributed by atoms with Gasteiger partial charge in [0.25, 0.3) is 0 Å². The van der Waals surface area contributed by atoms with E-state index in [0.717, 1.165) is 25.9 Å². The molecule has 0 aliphatic carbocycles. The van der Waals surface area contributed by atoms with E-state index in [9.17, 15) is 4.79 Å². The molecular weight excluding hydrogens is 140 g/mol. The largest absolute Gasteiger partial charge is 0.353 e. The van der Waals surface area contributed by atoms with Crippen LogP contribution in [0.4, 0.5) is 0 Å². The van der Waals surface area contributed by atoms with E-state index in [1.54, 1.807) is 0 Å². The summed E-state index contributed by atoms with van der Waals surface area (Å²) in [5.74, 6) is 0.259. The van der Waals surface area contributed by atoms with Crippen molar-refractivity contribution in [2.45, 2.75) is 25.8 Å². The van der Waals surface area contributed by atoms with Crippen LogP contribution in [0.1, 0.15) is 19.8 Å². The first-order valence-electron chi connectivity index (χ1n) is 4.25. The van der Waals surface area contributed by atoms with Gasteiger partial charge in [-0.25, -0.2) is 0 Å². The summed E-state index contributed by atoms with van der Waals surface area (Å²) < 4.78 is 0. The topological polar surface area (TPSA) is 41.1 Å². The van der Waals surface area contributed by atoms with Crippen molar-refractivity contribution < 1.29 is 4.79 Å². The molecule has 0 aromatic rings. The van der Waals surface area contributed by atoms with Crippen LogP contribution in [0.3, 0.4) is 0 Å². The van der Waals surface area contributed by atoms with Crippen molar-refractivity contribution in [1.82, 2.24) is 10.6 Å². The highest BCUT2D eigenvalue weighted by atomic mass is 16.2. The van der Waals surface area contributed by atoms with Crippen LogP contribution in [0.5, 0.6) is 0 Å². The first-order valence-corrected chi connectivity index (χ1v) is 4.25. The van der Waals surface area contributed by atoms with Gasteiger partial charge in [-0.1, -0.05) is 0 Å². The minimum atomic E-state index is -0.0422. The Kier molecular flexibility index (Phi) is 1.42. The Morgan fingerprint density at radius 1 is 1.64 bits per heavy atom. The maximum atomic E-state index is 11.5. The van der Waals surface area contributed by atoms with E-state index in [4.69, 9.17) is 0 Å². The highest BCUT2D eigenvalue weighted by Gasteiger charge is 2.46. The molecule has 3 heteroatoms. The van der Waals surface area contributed by atoms with E-state index in [1.165, 1.54) is 0 Å². The Morgan fingerprint density at radius 3 is 2.91 bits per heavy atom. The summed E-state index contributed by atoms with van der Waals surface area (Å²) in [5, 5.41) is 6.22. The number of nitrogens with one attached hydrogen (secondary N) is 2. The zero-order valence-corrected chi connectivity index (χ0v) is 6.81. The average Bonchev–Trinajstić information content (AvgIpc) is 2.45. The van der Waals surface area contributed by atoms with Crippen LogP contribution in [-0.4, -0.2) is 25.0 Å². The van der Waals surface area contributed by atoms with Crippen LogP contribution in [0.25, 0.3) is 0 Å². The molecule has 2 unspecified atom stereocenters. The van der Waals surface area contributed by atoms with Gasteiger partial charge in [-0.3, -0.25) is 4.79 Å². The molecule has 2 saturated heterocycles. The first-order chi connectivity index (χ1) is 5.23. The van der Waals surface area contributed by atoms with Crippen molar-refractivity contribution in [2.24, 2.45) is 5.41 Å². The Bertz CT molecular complexity index is 185. The van der Waals surface area contributed by atoms with Crippen molar-refractivity contribution in [1.29, 1.82) is 0 Å². The van der Waals surface area contributed by atoms with E-state index >= 15 is 0 Å². The molecule has 2 atom stereocenters. The summed E-state index contributed by atoms with van der Waals surface area (Å²) in [5.41, 5.74) is -0.0422. The van der Waals surface area contributed by atoms with E-state index < -0.39 is 0 Å². The third kappa shape index (κ3) is 0.948. The normalized spacial score (nSPS) is 43.4. The van der Waals surface area contributed by atoms with Crippen LogP contribution < -0.4 is 10.6 Å². The summed E-state index contributed by atoms with van der Waals surface area (Å²) >= 11 is 0. The summed E-state index contributed by atoms with van der Waals surface area (Å²) in [6.45, 7) is 3.95. The van der Waals surface area contributed by atoms with Gasteiger partial charge in [-0.2, -0.15) is 0 Å². The molecule has 2 fully saturated rings. The minimum Gasteiger partial charge on any atom is -0.353 e. The predicted octanol–water partition coefficient (Wildman–Crippen LogP) is -0.126. The van der Waals surface area contributed by atoms with Gasteiger partial charge in [0.15, 0.2) is 0 Å². The lowest BCUT2D eigenvalue weighted by Gasteiger charge is -2.16. The van der Waals surface area contributed by atoms with Gasteiger partial charge < -0.3 is 10.6 Å². The zero-order valence-electron chi connectivity index (χ0n) is 6.81. The van der Waals surface area contributed by atoms with Gasteiger partial charge in [0, 0.05) is 12.6 Å². The van der Waals surface area contributed by atoms with Gasteiger partial charge >= 0.3 is 0 Å². The lowest BCUT2D eigenvalue weighted by molar-refractivity contribution is -0.126. The van der Waals surface area contributed by atoms with Crippen LogP contribution in [0.2, 0.25) is 0 Å². The van der Waals surface area contributed by atoms with Gasteiger partial charge in [0.2, 0.25) is 5.91 Å². The van der Waals surface area contributed by atoms with Crippen molar-refractivity contribution in [2.75, 3.05) is 13.1 Å². The number of amides is 1. The van der Waals surface area contributed by atoms with Crippen LogP contribution >= 0.6 is 0 Å². The summed E-state index contributed by atoms with van der Waals surface area (Å²) in [6.07, 6.45) is 2.03. The zero-order chi connectivity index (χ0) is 7.90. The molecule has 1 spiro atoms. The highest BCUT2D eigenvalue weighted by molar-refractivity contribution is 5.85. The van der Waals surface area contributed by atoms with Crippen molar-refractivity contribution in [3.63, 3.8) is 0 Å². The number of carbonyl (C=O) groups excluding carboxylic acids is 1. The van der Waals surface area contributed by atoms with Crippen molar-refractivity contribution >= 4 is 5.91 Å². The first kappa shape index (κ1) is 7.10. The molecule has 2 rings (SSSR count). The maximum Gasteiger partial charge on any atom is 0.227 e.